The molecule has 0 saturated carbocycles. The average Bonchev–Trinajstić information content (AvgIpc) is 2.61. The lowest BCUT2D eigenvalue weighted by molar-refractivity contribution is -0.384. The van der Waals surface area contributed by atoms with Crippen LogP contribution < -0.4 is 15.4 Å². The summed E-state index contributed by atoms with van der Waals surface area (Å²) in [5, 5.41) is 17.4. The third kappa shape index (κ3) is 4.71. The summed E-state index contributed by atoms with van der Waals surface area (Å²) in [5.74, 6) is -0.00185. The van der Waals surface area contributed by atoms with Crippen LogP contribution in [0.4, 0.5) is 11.4 Å². The standard InChI is InChI=1S/C18H20ClN3O4/c1-11(14-6-4-5-7-15(14)19)20-12(2)18(23)21-16-10-13(22(24)25)8-9-17(16)26-3/h4-12,20H,1-3H3,(H,21,23)/t11-,12+/m0/s1. The minimum absolute atomic E-state index is 0.133. The van der Waals surface area contributed by atoms with Gasteiger partial charge in [0.2, 0.25) is 5.91 Å². The maximum absolute atomic E-state index is 12.5. The Labute approximate surface area is 156 Å². The predicted molar refractivity (Wildman–Crippen MR) is 101 cm³/mol. The molecule has 7 nitrogen and oxygen atoms in total. The van der Waals surface area contributed by atoms with Crippen molar-refractivity contribution in [1.82, 2.24) is 5.32 Å². The van der Waals surface area contributed by atoms with Gasteiger partial charge in [0.15, 0.2) is 0 Å². The van der Waals surface area contributed by atoms with Gasteiger partial charge in [-0.25, -0.2) is 0 Å². The van der Waals surface area contributed by atoms with Crippen molar-refractivity contribution in [2.75, 3.05) is 12.4 Å². The maximum atomic E-state index is 12.5. The van der Waals surface area contributed by atoms with Gasteiger partial charge in [0.1, 0.15) is 5.75 Å². The summed E-state index contributed by atoms with van der Waals surface area (Å²) in [7, 11) is 1.43. The molecule has 8 heteroatoms. The van der Waals surface area contributed by atoms with Gasteiger partial charge in [0, 0.05) is 23.2 Å². The van der Waals surface area contributed by atoms with Crippen molar-refractivity contribution in [2.45, 2.75) is 25.9 Å². The summed E-state index contributed by atoms with van der Waals surface area (Å²) < 4.78 is 5.15. The molecule has 2 aromatic rings. The van der Waals surface area contributed by atoms with Crippen LogP contribution in [0.25, 0.3) is 0 Å². The number of nitrogens with one attached hydrogen (secondary N) is 2. The van der Waals surface area contributed by atoms with Crippen LogP contribution in [0, 0.1) is 10.1 Å². The molecule has 0 aliphatic heterocycles. The Morgan fingerprint density at radius 3 is 2.54 bits per heavy atom. The highest BCUT2D eigenvalue weighted by atomic mass is 35.5. The fourth-order valence-corrected chi connectivity index (χ4v) is 2.81. The number of hydrogen-bond acceptors (Lipinski definition) is 5. The summed E-state index contributed by atoms with van der Waals surface area (Å²) in [6.07, 6.45) is 0. The van der Waals surface area contributed by atoms with Crippen LogP contribution in [0.15, 0.2) is 42.5 Å². The number of benzene rings is 2. The number of non-ortho nitro benzene ring substituents is 1. The van der Waals surface area contributed by atoms with Crippen LogP contribution in [-0.4, -0.2) is 24.0 Å². The van der Waals surface area contributed by atoms with Crippen LogP contribution in [0.1, 0.15) is 25.5 Å². The number of methoxy groups -OCH3 is 1. The van der Waals surface area contributed by atoms with E-state index in [1.54, 1.807) is 13.0 Å². The van der Waals surface area contributed by atoms with Gasteiger partial charge < -0.3 is 10.1 Å². The minimum atomic E-state index is -0.565. The van der Waals surface area contributed by atoms with Crippen molar-refractivity contribution >= 4 is 28.9 Å². The Morgan fingerprint density at radius 1 is 1.23 bits per heavy atom. The summed E-state index contributed by atoms with van der Waals surface area (Å²) >= 11 is 6.18. The molecule has 0 aliphatic carbocycles. The van der Waals surface area contributed by atoms with E-state index in [4.69, 9.17) is 16.3 Å². The summed E-state index contributed by atoms with van der Waals surface area (Å²) in [6, 6.07) is 10.7. The Bertz CT molecular complexity index is 813. The zero-order valence-electron chi connectivity index (χ0n) is 14.7. The van der Waals surface area contributed by atoms with Crippen molar-refractivity contribution in [3.05, 3.63) is 63.2 Å². The van der Waals surface area contributed by atoms with Gasteiger partial charge in [-0.1, -0.05) is 29.8 Å². The summed E-state index contributed by atoms with van der Waals surface area (Å²) in [6.45, 7) is 3.60. The second-order valence-corrected chi connectivity index (χ2v) is 6.17. The molecule has 0 aromatic heterocycles. The van der Waals surface area contributed by atoms with E-state index in [0.717, 1.165) is 5.56 Å². The molecule has 2 N–H and O–H groups in total. The second kappa shape index (κ2) is 8.64. The molecule has 0 radical (unpaired) electrons. The molecule has 0 spiro atoms. The second-order valence-electron chi connectivity index (χ2n) is 5.76. The number of nitro groups is 1. The number of amides is 1. The number of ether oxygens (including phenoxy) is 1. The van der Waals surface area contributed by atoms with Gasteiger partial charge in [0.25, 0.3) is 5.69 Å². The summed E-state index contributed by atoms with van der Waals surface area (Å²) in [5.41, 5.74) is 0.985. The normalized spacial score (nSPS) is 12.9. The van der Waals surface area contributed by atoms with Gasteiger partial charge in [-0.15, -0.1) is 0 Å². The number of carbonyl (C=O) groups excluding carboxylic acids is 1. The first-order valence-electron chi connectivity index (χ1n) is 7.97. The van der Waals surface area contributed by atoms with Crippen molar-refractivity contribution in [3.8, 4) is 5.75 Å². The molecule has 0 saturated heterocycles. The lowest BCUT2D eigenvalue weighted by Gasteiger charge is -2.21. The molecular weight excluding hydrogens is 358 g/mol. The van der Waals surface area contributed by atoms with Gasteiger partial charge in [0.05, 0.1) is 23.8 Å². The molecule has 0 bridgehead atoms. The van der Waals surface area contributed by atoms with Crippen molar-refractivity contribution < 1.29 is 14.5 Å². The largest absolute Gasteiger partial charge is 0.495 e. The van der Waals surface area contributed by atoms with E-state index in [-0.39, 0.29) is 23.3 Å². The average molecular weight is 378 g/mol. The van der Waals surface area contributed by atoms with Crippen LogP contribution in [0.5, 0.6) is 5.75 Å². The molecule has 1 amide bonds. The topological polar surface area (TPSA) is 93.5 Å². The maximum Gasteiger partial charge on any atom is 0.271 e. The first-order valence-corrected chi connectivity index (χ1v) is 8.35. The van der Waals surface area contributed by atoms with Crippen molar-refractivity contribution in [2.24, 2.45) is 0 Å². The Balaban J connectivity index is 2.10. The smallest absolute Gasteiger partial charge is 0.271 e. The van der Waals surface area contributed by atoms with E-state index in [2.05, 4.69) is 10.6 Å². The highest BCUT2D eigenvalue weighted by Gasteiger charge is 2.20. The lowest BCUT2D eigenvalue weighted by atomic mass is 10.1. The van der Waals surface area contributed by atoms with E-state index < -0.39 is 11.0 Å². The zero-order valence-corrected chi connectivity index (χ0v) is 15.4. The lowest BCUT2D eigenvalue weighted by Crippen LogP contribution is -2.39. The summed E-state index contributed by atoms with van der Waals surface area (Å²) in [4.78, 5) is 22.9. The van der Waals surface area contributed by atoms with Crippen molar-refractivity contribution in [3.63, 3.8) is 0 Å². The van der Waals surface area contributed by atoms with Crippen LogP contribution in [0.3, 0.4) is 0 Å². The molecule has 0 heterocycles. The third-order valence-electron chi connectivity index (χ3n) is 3.92. The molecule has 2 aromatic carbocycles. The zero-order chi connectivity index (χ0) is 19.3. The van der Waals surface area contributed by atoms with E-state index in [1.807, 2.05) is 25.1 Å². The van der Waals surface area contributed by atoms with Crippen LogP contribution >= 0.6 is 11.6 Å². The Hall–Kier alpha value is -2.64. The fourth-order valence-electron chi connectivity index (χ4n) is 2.51. The SMILES string of the molecule is COc1ccc([N+](=O)[O-])cc1NC(=O)[C@@H](C)N[C@@H](C)c1ccccc1Cl. The predicted octanol–water partition coefficient (Wildman–Crippen LogP) is 3.93. The molecule has 26 heavy (non-hydrogen) atoms. The van der Waals surface area contributed by atoms with Gasteiger partial charge in [-0.3, -0.25) is 20.2 Å². The number of nitro benzene ring substituents is 1. The first kappa shape index (κ1) is 19.7. The monoisotopic (exact) mass is 377 g/mol. The van der Waals surface area contributed by atoms with Crippen molar-refractivity contribution in [1.29, 1.82) is 0 Å². The number of carbonyl (C=O) groups is 1. The van der Waals surface area contributed by atoms with Gasteiger partial charge in [-0.2, -0.15) is 0 Å². The van der Waals surface area contributed by atoms with E-state index >= 15 is 0 Å². The number of anilines is 1. The van der Waals surface area contributed by atoms with Crippen LogP contribution in [-0.2, 0) is 4.79 Å². The van der Waals surface area contributed by atoms with Gasteiger partial charge >= 0.3 is 0 Å². The molecule has 0 aliphatic rings. The molecule has 2 atom stereocenters. The van der Waals surface area contributed by atoms with Crippen LogP contribution in [0.2, 0.25) is 5.02 Å². The number of rotatable bonds is 7. The third-order valence-corrected chi connectivity index (χ3v) is 4.26. The van der Waals surface area contributed by atoms with E-state index in [1.165, 1.54) is 25.3 Å². The Kier molecular flexibility index (Phi) is 6.54. The van der Waals surface area contributed by atoms with Gasteiger partial charge in [-0.05, 0) is 31.5 Å². The molecular formula is C18H20ClN3O4. The minimum Gasteiger partial charge on any atom is -0.495 e. The number of nitrogens with zero attached hydrogens (tertiary/aromatic N) is 1. The molecule has 138 valence electrons. The fraction of sp³-hybridized carbons (Fsp3) is 0.278. The highest BCUT2D eigenvalue weighted by molar-refractivity contribution is 6.31. The first-order chi connectivity index (χ1) is 12.3. The number of hydrogen-bond donors (Lipinski definition) is 2. The quantitative estimate of drug-likeness (QED) is 0.563. The molecule has 2 rings (SSSR count). The highest BCUT2D eigenvalue weighted by Crippen LogP contribution is 2.29. The molecule has 0 unspecified atom stereocenters. The molecule has 0 fully saturated rings. The number of halogens is 1. The van der Waals surface area contributed by atoms with E-state index in [9.17, 15) is 14.9 Å². The van der Waals surface area contributed by atoms with E-state index in [0.29, 0.717) is 10.8 Å². The Morgan fingerprint density at radius 2 is 1.92 bits per heavy atom.